The normalized spacial score (nSPS) is 17.7. The lowest BCUT2D eigenvalue weighted by Crippen LogP contribution is -2.27. The minimum atomic E-state index is -0.273. The molecule has 0 radical (unpaired) electrons. The number of benzene rings is 1. The topological polar surface area (TPSA) is 41.1 Å². The third-order valence-electron chi connectivity index (χ3n) is 2.90. The van der Waals surface area contributed by atoms with Crippen molar-refractivity contribution in [3.63, 3.8) is 0 Å². The van der Waals surface area contributed by atoms with Crippen LogP contribution in [-0.2, 0) is 4.79 Å². The van der Waals surface area contributed by atoms with Gasteiger partial charge in [0.05, 0.1) is 5.02 Å². The largest absolute Gasteiger partial charge is 0.324 e. The molecule has 1 amide bonds. The van der Waals surface area contributed by atoms with Crippen molar-refractivity contribution in [2.75, 3.05) is 11.9 Å². The summed E-state index contributed by atoms with van der Waals surface area (Å²) in [4.78, 5) is 13.0. The van der Waals surface area contributed by atoms with Crippen LogP contribution in [-0.4, -0.2) is 17.7 Å². The quantitative estimate of drug-likeness (QED) is 0.812. The molecular formula is C14H19ClN2OS. The molecule has 19 heavy (non-hydrogen) atoms. The Balaban J connectivity index is 2.28. The summed E-state index contributed by atoms with van der Waals surface area (Å²) in [5.74, 6) is 0.00575. The highest BCUT2D eigenvalue weighted by atomic mass is 35.5. The minimum Gasteiger partial charge on any atom is -0.324 e. The van der Waals surface area contributed by atoms with Gasteiger partial charge < -0.3 is 10.6 Å². The van der Waals surface area contributed by atoms with Gasteiger partial charge >= 0.3 is 0 Å². The minimum absolute atomic E-state index is 0.00575. The van der Waals surface area contributed by atoms with E-state index in [9.17, 15) is 4.79 Å². The number of hydrogen-bond donors (Lipinski definition) is 2. The third-order valence-corrected chi connectivity index (χ3v) is 4.38. The fourth-order valence-electron chi connectivity index (χ4n) is 2.10. The third kappa shape index (κ3) is 3.25. The number of thioether (sulfide) groups is 1. The van der Waals surface area contributed by atoms with Crippen LogP contribution in [0.1, 0.15) is 38.8 Å². The first-order chi connectivity index (χ1) is 9.02. The van der Waals surface area contributed by atoms with Crippen molar-refractivity contribution < 1.29 is 4.79 Å². The van der Waals surface area contributed by atoms with Crippen molar-refractivity contribution in [3.05, 3.63) is 22.7 Å². The van der Waals surface area contributed by atoms with Crippen LogP contribution in [0.3, 0.4) is 0 Å². The van der Waals surface area contributed by atoms with E-state index in [1.807, 2.05) is 12.1 Å². The molecule has 1 atom stereocenters. The Morgan fingerprint density at radius 3 is 2.84 bits per heavy atom. The summed E-state index contributed by atoms with van der Waals surface area (Å²) in [6.07, 6.45) is 0.994. The molecule has 1 heterocycles. The lowest BCUT2D eigenvalue weighted by atomic mass is 10.1. The molecule has 0 saturated carbocycles. The molecule has 3 nitrogen and oxygen atoms in total. The van der Waals surface area contributed by atoms with Gasteiger partial charge in [-0.2, -0.15) is 0 Å². The zero-order chi connectivity index (χ0) is 14.0. The maximum atomic E-state index is 12.0. The van der Waals surface area contributed by atoms with Gasteiger partial charge in [-0.05, 0) is 25.1 Å². The second-order valence-corrected chi connectivity index (χ2v) is 6.94. The molecule has 2 rings (SSSR count). The van der Waals surface area contributed by atoms with Gasteiger partial charge in [-0.1, -0.05) is 32.4 Å². The molecule has 1 unspecified atom stereocenters. The van der Waals surface area contributed by atoms with E-state index in [2.05, 4.69) is 31.4 Å². The number of anilines is 1. The number of amides is 1. The molecule has 0 spiro atoms. The summed E-state index contributed by atoms with van der Waals surface area (Å²) in [6.45, 7) is 7.14. The second kappa shape index (κ2) is 6.16. The summed E-state index contributed by atoms with van der Waals surface area (Å²) in [5, 5.41) is 7.35. The summed E-state index contributed by atoms with van der Waals surface area (Å²) in [5.41, 5.74) is 1.84. The van der Waals surface area contributed by atoms with Crippen LogP contribution in [0.5, 0.6) is 0 Å². The van der Waals surface area contributed by atoms with Gasteiger partial charge in [0.15, 0.2) is 0 Å². The number of hydrogen-bond acceptors (Lipinski definition) is 3. The molecular weight excluding hydrogens is 280 g/mol. The van der Waals surface area contributed by atoms with Crippen molar-refractivity contribution in [1.29, 1.82) is 0 Å². The Morgan fingerprint density at radius 1 is 1.47 bits per heavy atom. The van der Waals surface area contributed by atoms with E-state index in [-0.39, 0.29) is 11.9 Å². The summed E-state index contributed by atoms with van der Waals surface area (Å²) in [7, 11) is 0. The highest BCUT2D eigenvalue weighted by Crippen LogP contribution is 2.39. The lowest BCUT2D eigenvalue weighted by molar-refractivity contribution is -0.117. The molecule has 0 aliphatic carbocycles. The van der Waals surface area contributed by atoms with E-state index in [4.69, 9.17) is 11.6 Å². The average Bonchev–Trinajstić information content (AvgIpc) is 2.62. The van der Waals surface area contributed by atoms with Crippen LogP contribution >= 0.6 is 23.4 Å². The van der Waals surface area contributed by atoms with Gasteiger partial charge in [0.1, 0.15) is 6.04 Å². The molecule has 5 heteroatoms. The fourth-order valence-corrected chi connectivity index (χ4v) is 3.27. The summed E-state index contributed by atoms with van der Waals surface area (Å²) < 4.78 is 0. The maximum Gasteiger partial charge on any atom is 0.246 e. The van der Waals surface area contributed by atoms with Crippen LogP contribution in [0.2, 0.25) is 5.02 Å². The van der Waals surface area contributed by atoms with E-state index < -0.39 is 0 Å². The molecule has 104 valence electrons. The first-order valence-electron chi connectivity index (χ1n) is 6.57. The first-order valence-corrected chi connectivity index (χ1v) is 7.83. The number of rotatable bonds is 5. The Kier molecular flexibility index (Phi) is 4.76. The molecule has 1 aliphatic heterocycles. The molecule has 0 fully saturated rings. The first kappa shape index (κ1) is 14.7. The highest BCUT2D eigenvalue weighted by Gasteiger charge is 2.30. The van der Waals surface area contributed by atoms with Crippen molar-refractivity contribution in [2.24, 2.45) is 0 Å². The van der Waals surface area contributed by atoms with Gasteiger partial charge in [0, 0.05) is 21.4 Å². The summed E-state index contributed by atoms with van der Waals surface area (Å²) >= 11 is 8.02. The van der Waals surface area contributed by atoms with E-state index in [0.717, 1.165) is 34.1 Å². The predicted octanol–water partition coefficient (Wildman–Crippen LogP) is 3.83. The molecule has 2 N–H and O–H groups in total. The molecule has 0 saturated heterocycles. The number of carbonyl (C=O) groups is 1. The Labute approximate surface area is 123 Å². The van der Waals surface area contributed by atoms with E-state index in [1.54, 1.807) is 11.8 Å². The SMILES string of the molecule is CCCNC1C(=O)Nc2cc(SC(C)C)c(Cl)cc21. The van der Waals surface area contributed by atoms with E-state index in [0.29, 0.717) is 5.25 Å². The van der Waals surface area contributed by atoms with Crippen molar-refractivity contribution >= 4 is 35.0 Å². The van der Waals surface area contributed by atoms with Gasteiger partial charge in [-0.15, -0.1) is 11.8 Å². The number of carbonyl (C=O) groups excluding carboxylic acids is 1. The standard InChI is InChI=1S/C14H19ClN2OS/c1-4-5-16-13-9-6-10(15)12(19-8(2)3)7-11(9)17-14(13)18/h6-8,13,16H,4-5H2,1-3H3,(H,17,18). The maximum absolute atomic E-state index is 12.0. The van der Waals surface area contributed by atoms with Gasteiger partial charge in [0.2, 0.25) is 5.91 Å². The molecule has 1 aliphatic rings. The lowest BCUT2D eigenvalue weighted by Gasteiger charge is -2.12. The number of fused-ring (bicyclic) bond motifs is 1. The molecule has 0 aromatic heterocycles. The zero-order valence-corrected chi connectivity index (χ0v) is 13.0. The van der Waals surface area contributed by atoms with Crippen LogP contribution < -0.4 is 10.6 Å². The van der Waals surface area contributed by atoms with Crippen molar-refractivity contribution in [2.45, 2.75) is 43.4 Å². The smallest absolute Gasteiger partial charge is 0.246 e. The molecule has 0 bridgehead atoms. The molecule has 1 aromatic carbocycles. The van der Waals surface area contributed by atoms with Crippen LogP contribution in [0.15, 0.2) is 17.0 Å². The van der Waals surface area contributed by atoms with Crippen LogP contribution in [0.25, 0.3) is 0 Å². The van der Waals surface area contributed by atoms with Gasteiger partial charge in [-0.25, -0.2) is 0 Å². The highest BCUT2D eigenvalue weighted by molar-refractivity contribution is 8.00. The van der Waals surface area contributed by atoms with Gasteiger partial charge in [0.25, 0.3) is 0 Å². The molecule has 1 aromatic rings. The van der Waals surface area contributed by atoms with Crippen LogP contribution in [0, 0.1) is 0 Å². The zero-order valence-electron chi connectivity index (χ0n) is 11.4. The van der Waals surface area contributed by atoms with E-state index in [1.165, 1.54) is 0 Å². The second-order valence-electron chi connectivity index (χ2n) is 4.91. The van der Waals surface area contributed by atoms with E-state index >= 15 is 0 Å². The van der Waals surface area contributed by atoms with Crippen molar-refractivity contribution in [3.8, 4) is 0 Å². The number of halogens is 1. The average molecular weight is 299 g/mol. The monoisotopic (exact) mass is 298 g/mol. The summed E-state index contributed by atoms with van der Waals surface area (Å²) in [6, 6.07) is 3.62. The Hall–Kier alpha value is -0.710. The number of nitrogens with one attached hydrogen (secondary N) is 2. The Bertz CT molecular complexity index is 491. The Morgan fingerprint density at radius 2 is 2.21 bits per heavy atom. The predicted molar refractivity (Wildman–Crippen MR) is 82.1 cm³/mol. The van der Waals surface area contributed by atoms with Gasteiger partial charge in [-0.3, -0.25) is 4.79 Å². The van der Waals surface area contributed by atoms with Crippen molar-refractivity contribution in [1.82, 2.24) is 5.32 Å². The van der Waals surface area contributed by atoms with Crippen LogP contribution in [0.4, 0.5) is 5.69 Å². The fraction of sp³-hybridized carbons (Fsp3) is 0.500.